The number of amides is 3. The molecule has 1 aliphatic carbocycles. The smallest absolute Gasteiger partial charge is 0.302 e. The summed E-state index contributed by atoms with van der Waals surface area (Å²) in [5, 5.41) is 14.7. The Hall–Kier alpha value is -3.16. The fourth-order valence-corrected chi connectivity index (χ4v) is 6.55. The number of nitrogens with one attached hydrogen (secondary N) is 1. The highest BCUT2D eigenvalue weighted by atomic mass is 32.2. The Kier molecular flexibility index (Phi) is 10.6. The van der Waals surface area contributed by atoms with E-state index < -0.39 is 11.2 Å². The van der Waals surface area contributed by atoms with Crippen LogP contribution in [0.3, 0.4) is 0 Å². The third-order valence-electron chi connectivity index (χ3n) is 6.86. The molecule has 2 aromatic carbocycles. The monoisotopic (exact) mass is 600 g/mol. The van der Waals surface area contributed by atoms with E-state index in [0.717, 1.165) is 58.5 Å². The van der Waals surface area contributed by atoms with Gasteiger partial charge in [0.15, 0.2) is 0 Å². The number of ether oxygens (including phenoxy) is 1. The maximum Gasteiger partial charge on any atom is 0.302 e. The Labute approximate surface area is 246 Å². The maximum absolute atomic E-state index is 13.0. The molecule has 1 fully saturated rings. The molecule has 2 atom stereocenters. The minimum Gasteiger partial charge on any atom is -0.465 e. The number of hydrogen-bond donors (Lipinski definition) is 2. The largest absolute Gasteiger partial charge is 0.465 e. The van der Waals surface area contributed by atoms with Crippen molar-refractivity contribution < 1.29 is 38.5 Å². The van der Waals surface area contributed by atoms with Gasteiger partial charge in [0, 0.05) is 48.4 Å². The number of anilines is 1. The number of hydrogen-bond acceptors (Lipinski definition) is 10. The highest BCUT2D eigenvalue weighted by Crippen LogP contribution is 2.49. The molecule has 12 heteroatoms. The topological polar surface area (TPSA) is 131 Å². The number of esters is 1. The van der Waals surface area contributed by atoms with Gasteiger partial charge in [-0.3, -0.25) is 24.1 Å². The molecule has 2 unspecified atom stereocenters. The zero-order valence-electron chi connectivity index (χ0n) is 22.8. The molecule has 2 aliphatic rings. The number of thioether (sulfide) groups is 1. The van der Waals surface area contributed by atoms with Crippen LogP contribution in [0.4, 0.5) is 5.69 Å². The van der Waals surface area contributed by atoms with E-state index >= 15 is 0 Å². The zero-order valence-corrected chi connectivity index (χ0v) is 24.5. The lowest BCUT2D eigenvalue weighted by molar-refractivity contribution is -0.432. The summed E-state index contributed by atoms with van der Waals surface area (Å²) in [7, 11) is 0. The number of fused-ring (bicyclic) bond motifs is 3. The highest BCUT2D eigenvalue weighted by Gasteiger charge is 2.38. The van der Waals surface area contributed by atoms with Gasteiger partial charge in [-0.1, -0.05) is 28.8 Å². The first-order valence-electron chi connectivity index (χ1n) is 13.1. The van der Waals surface area contributed by atoms with E-state index in [4.69, 9.17) is 9.99 Å². The normalized spacial score (nSPS) is 17.4. The second-order valence-electron chi connectivity index (χ2n) is 9.91. The van der Waals surface area contributed by atoms with Gasteiger partial charge >= 0.3 is 5.97 Å². The van der Waals surface area contributed by atoms with Gasteiger partial charge in [-0.15, -0.1) is 22.7 Å². The molecule has 4 rings (SSSR count). The van der Waals surface area contributed by atoms with Crippen molar-refractivity contribution in [3.05, 3.63) is 59.7 Å². The van der Waals surface area contributed by atoms with Crippen LogP contribution in [0.2, 0.25) is 0 Å². The summed E-state index contributed by atoms with van der Waals surface area (Å²) in [4.78, 5) is 51.8. The Bertz CT molecular complexity index is 1350. The number of allylic oxidation sites excluding steroid dienone is 1. The molecule has 2 N–H and O–H groups in total. The second kappa shape index (κ2) is 14.1. The van der Waals surface area contributed by atoms with Crippen molar-refractivity contribution in [2.24, 2.45) is 0 Å². The molecule has 41 heavy (non-hydrogen) atoms. The summed E-state index contributed by atoms with van der Waals surface area (Å²) in [5.74, 6) is -0.761. The third-order valence-corrected chi connectivity index (χ3v) is 8.73. The van der Waals surface area contributed by atoms with Crippen molar-refractivity contribution in [3.8, 4) is 11.1 Å². The number of likely N-dealkylation sites (tertiary alicyclic amines) is 1. The molecule has 218 valence electrons. The van der Waals surface area contributed by atoms with Crippen LogP contribution < -0.4 is 5.32 Å². The molecule has 0 spiro atoms. The molecule has 0 saturated carbocycles. The molecule has 0 bridgehead atoms. The minimum absolute atomic E-state index is 0.0144. The van der Waals surface area contributed by atoms with Gasteiger partial charge in [0.05, 0.1) is 17.3 Å². The van der Waals surface area contributed by atoms with Crippen molar-refractivity contribution in [3.63, 3.8) is 0 Å². The third kappa shape index (κ3) is 7.57. The summed E-state index contributed by atoms with van der Waals surface area (Å²) >= 11 is 2.30. The number of carbonyl (C=O) groups is 4. The second-order valence-corrected chi connectivity index (χ2v) is 12.0. The fraction of sp³-hybridized carbons (Fsp3) is 0.379. The molecule has 1 aliphatic heterocycles. The molecular formula is C29H32N2O8S2. The van der Waals surface area contributed by atoms with Crippen LogP contribution in [0.1, 0.15) is 56.6 Å². The lowest BCUT2D eigenvalue weighted by atomic mass is 9.98. The van der Waals surface area contributed by atoms with Crippen LogP contribution >= 0.6 is 23.8 Å². The Morgan fingerprint density at radius 1 is 1.15 bits per heavy atom. The average Bonchev–Trinajstić information content (AvgIpc) is 3.39. The standard InChI is InChI=1S/C29H32N2O8S2/c1-17(2)6-5-13-40-25-15-27(34)31(29(25)35)12-11-26(33)30-24-8-4-7-20-23(16-37-18(3)32)22-14-19(41-39-38-36)9-10-21(22)28(20)24/h4,7-10,14,23,25,36H,1,5-6,11-13,15-16H2,2-3H3,(H,30,33). The van der Waals surface area contributed by atoms with E-state index in [1.54, 1.807) is 12.1 Å². The Balaban J connectivity index is 1.44. The first-order valence-corrected chi connectivity index (χ1v) is 14.9. The van der Waals surface area contributed by atoms with E-state index in [2.05, 4.69) is 21.3 Å². The summed E-state index contributed by atoms with van der Waals surface area (Å²) in [6.45, 7) is 7.30. The van der Waals surface area contributed by atoms with E-state index in [1.807, 2.05) is 31.2 Å². The first kappa shape index (κ1) is 30.8. The van der Waals surface area contributed by atoms with E-state index in [0.29, 0.717) is 10.6 Å². The van der Waals surface area contributed by atoms with Crippen molar-refractivity contribution in [2.75, 3.05) is 24.2 Å². The zero-order chi connectivity index (χ0) is 29.5. The minimum atomic E-state index is -0.412. The number of imide groups is 1. The Morgan fingerprint density at radius 3 is 2.68 bits per heavy atom. The number of nitrogens with zero attached hydrogens (tertiary/aromatic N) is 1. The van der Waals surface area contributed by atoms with E-state index in [1.165, 1.54) is 23.6 Å². The summed E-state index contributed by atoms with van der Waals surface area (Å²) in [6.07, 6.45) is 1.90. The van der Waals surface area contributed by atoms with Crippen LogP contribution in [0, 0.1) is 0 Å². The number of carbonyl (C=O) groups excluding carboxylic acids is 4. The number of rotatable bonds is 14. The Morgan fingerprint density at radius 2 is 1.95 bits per heavy atom. The molecule has 1 heterocycles. The lowest BCUT2D eigenvalue weighted by Gasteiger charge is -2.16. The molecule has 10 nitrogen and oxygen atoms in total. The lowest BCUT2D eigenvalue weighted by Crippen LogP contribution is -2.34. The van der Waals surface area contributed by atoms with Crippen LogP contribution in [0.15, 0.2) is 53.4 Å². The maximum atomic E-state index is 13.0. The average molecular weight is 601 g/mol. The van der Waals surface area contributed by atoms with Crippen LogP contribution in [-0.2, 0) is 33.3 Å². The summed E-state index contributed by atoms with van der Waals surface area (Å²) in [5.41, 5.74) is 5.03. The van der Waals surface area contributed by atoms with Gasteiger partial charge in [0.2, 0.25) is 17.7 Å². The van der Waals surface area contributed by atoms with Gasteiger partial charge in [-0.05, 0) is 60.4 Å². The summed E-state index contributed by atoms with van der Waals surface area (Å²) in [6, 6.07) is 11.0. The summed E-state index contributed by atoms with van der Waals surface area (Å²) < 4.78 is 9.91. The molecule has 3 amide bonds. The molecule has 0 aromatic heterocycles. The first-order chi connectivity index (χ1) is 19.7. The van der Waals surface area contributed by atoms with Gasteiger partial charge in [-0.25, -0.2) is 5.26 Å². The number of benzene rings is 2. The van der Waals surface area contributed by atoms with Crippen LogP contribution in [-0.4, -0.2) is 58.0 Å². The van der Waals surface area contributed by atoms with Crippen LogP contribution in [0.5, 0.6) is 0 Å². The molecule has 2 aromatic rings. The van der Waals surface area contributed by atoms with Crippen molar-refractivity contribution >= 4 is 53.2 Å². The van der Waals surface area contributed by atoms with Crippen molar-refractivity contribution in [1.82, 2.24) is 4.90 Å². The van der Waals surface area contributed by atoms with Gasteiger partial charge in [0.25, 0.3) is 0 Å². The molecule has 0 radical (unpaired) electrons. The molecule has 1 saturated heterocycles. The quantitative estimate of drug-likeness (QED) is 0.0557. The van der Waals surface area contributed by atoms with Crippen LogP contribution in [0.25, 0.3) is 11.1 Å². The molecular weight excluding hydrogens is 568 g/mol. The van der Waals surface area contributed by atoms with Gasteiger partial charge in [0.1, 0.15) is 6.61 Å². The van der Waals surface area contributed by atoms with Crippen molar-refractivity contribution in [2.45, 2.75) is 55.6 Å². The fourth-order valence-electron chi connectivity index (χ4n) is 5.02. The van der Waals surface area contributed by atoms with E-state index in [9.17, 15) is 19.2 Å². The predicted octanol–water partition coefficient (Wildman–Crippen LogP) is 5.34. The van der Waals surface area contributed by atoms with Gasteiger partial charge < -0.3 is 10.1 Å². The van der Waals surface area contributed by atoms with Gasteiger partial charge in [-0.2, -0.15) is 0 Å². The highest BCUT2D eigenvalue weighted by molar-refractivity contribution is 8.00. The predicted molar refractivity (Wildman–Crippen MR) is 156 cm³/mol. The van der Waals surface area contributed by atoms with Crippen molar-refractivity contribution in [1.29, 1.82) is 0 Å². The van der Waals surface area contributed by atoms with E-state index in [-0.39, 0.29) is 49.6 Å². The SMILES string of the molecule is C=C(C)CCCSC1CC(=O)N(CCC(=O)Nc2cccc3c2-c2ccc(SOOO)cc2C3COC(C)=O)C1=O.